The summed E-state index contributed by atoms with van der Waals surface area (Å²) in [6, 6.07) is 0. The number of ether oxygens (including phenoxy) is 1. The zero-order valence-electron chi connectivity index (χ0n) is 9.51. The summed E-state index contributed by atoms with van der Waals surface area (Å²) < 4.78 is 5.08. The van der Waals surface area contributed by atoms with Crippen LogP contribution in [0.3, 0.4) is 0 Å². The molecule has 2 atom stereocenters. The number of carbonyl (C=O) groups excluding carboxylic acids is 1. The van der Waals surface area contributed by atoms with Crippen molar-refractivity contribution in [3.05, 3.63) is 12.2 Å². The van der Waals surface area contributed by atoms with E-state index in [1.807, 2.05) is 6.92 Å². The van der Waals surface area contributed by atoms with Crippen LogP contribution in [0.4, 0.5) is 0 Å². The van der Waals surface area contributed by atoms with Crippen molar-refractivity contribution >= 4 is 5.97 Å². The molecular formula is C13H18O2. The molecule has 1 rings (SSSR count). The quantitative estimate of drug-likeness (QED) is 0.307. The number of rotatable bonds is 3. The maximum absolute atomic E-state index is 11.1. The van der Waals surface area contributed by atoms with Gasteiger partial charge < -0.3 is 4.74 Å². The second-order valence-corrected chi connectivity index (χ2v) is 3.92. The average molecular weight is 206 g/mol. The Bertz CT molecular complexity index is 306. The Morgan fingerprint density at radius 1 is 1.47 bits per heavy atom. The molecule has 1 saturated heterocycles. The van der Waals surface area contributed by atoms with E-state index in [1.165, 1.54) is 12.8 Å². The number of unbranched alkanes of at least 4 members (excludes halogenated alkanes) is 3. The molecule has 82 valence electrons. The van der Waals surface area contributed by atoms with E-state index in [0.717, 1.165) is 12.8 Å². The minimum absolute atomic E-state index is 0.0381. The molecule has 0 amide bonds. The Balaban J connectivity index is 2.39. The van der Waals surface area contributed by atoms with Gasteiger partial charge in [-0.3, -0.25) is 0 Å². The lowest BCUT2D eigenvalue weighted by atomic mass is 10.00. The Morgan fingerprint density at radius 2 is 2.20 bits per heavy atom. The van der Waals surface area contributed by atoms with Crippen LogP contribution in [0, 0.1) is 17.8 Å². The van der Waals surface area contributed by atoms with Crippen molar-refractivity contribution in [2.75, 3.05) is 0 Å². The van der Waals surface area contributed by atoms with Gasteiger partial charge >= 0.3 is 5.97 Å². The van der Waals surface area contributed by atoms with E-state index in [2.05, 4.69) is 25.3 Å². The first-order valence-corrected chi connectivity index (χ1v) is 5.55. The summed E-state index contributed by atoms with van der Waals surface area (Å²) in [4.78, 5) is 11.1. The minimum Gasteiger partial charge on any atom is -0.445 e. The van der Waals surface area contributed by atoms with E-state index < -0.39 is 0 Å². The molecule has 1 aliphatic rings. The van der Waals surface area contributed by atoms with E-state index in [9.17, 15) is 4.79 Å². The van der Waals surface area contributed by atoms with Crippen LogP contribution in [0.15, 0.2) is 12.2 Å². The lowest BCUT2D eigenvalue weighted by Crippen LogP contribution is -2.10. The van der Waals surface area contributed by atoms with Crippen molar-refractivity contribution in [3.63, 3.8) is 0 Å². The predicted molar refractivity (Wildman–Crippen MR) is 60.1 cm³/mol. The van der Waals surface area contributed by atoms with Gasteiger partial charge in [0.1, 0.15) is 0 Å². The molecule has 0 bridgehead atoms. The van der Waals surface area contributed by atoms with Crippen LogP contribution < -0.4 is 0 Å². The Labute approximate surface area is 91.7 Å². The standard InChI is InChI=1S/C13H18O2/c1-4-5-6-7-8-9-12-10(2)11(3)13(14)15-12/h10,12H,3-7H2,1-2H3/t10-,12-/m1/s1. The first-order valence-electron chi connectivity index (χ1n) is 5.55. The Hall–Kier alpha value is -1.23. The molecule has 1 fully saturated rings. The van der Waals surface area contributed by atoms with Gasteiger partial charge in [-0.15, -0.1) is 0 Å². The molecule has 0 saturated carbocycles. The third kappa shape index (κ3) is 3.13. The molecule has 0 aromatic carbocycles. The van der Waals surface area contributed by atoms with Gasteiger partial charge in [-0.25, -0.2) is 4.79 Å². The van der Waals surface area contributed by atoms with Crippen LogP contribution in [0.2, 0.25) is 0 Å². The zero-order valence-corrected chi connectivity index (χ0v) is 9.51. The highest BCUT2D eigenvalue weighted by Crippen LogP contribution is 2.25. The summed E-state index contributed by atoms with van der Waals surface area (Å²) >= 11 is 0. The predicted octanol–water partition coefficient (Wildman–Crippen LogP) is 2.69. The Morgan fingerprint density at radius 3 is 2.73 bits per heavy atom. The molecule has 0 aromatic rings. The first-order chi connectivity index (χ1) is 7.16. The van der Waals surface area contributed by atoms with Crippen molar-refractivity contribution < 1.29 is 9.53 Å². The third-order valence-electron chi connectivity index (χ3n) is 2.65. The molecule has 1 heterocycles. The van der Waals surface area contributed by atoms with Crippen LogP contribution in [0.25, 0.3) is 0 Å². The maximum Gasteiger partial charge on any atom is 0.335 e. The highest BCUT2D eigenvalue weighted by Gasteiger charge is 2.33. The van der Waals surface area contributed by atoms with Crippen molar-refractivity contribution in [1.82, 2.24) is 0 Å². The molecule has 0 radical (unpaired) electrons. The van der Waals surface area contributed by atoms with Gasteiger partial charge in [0.2, 0.25) is 0 Å². The normalized spacial score (nSPS) is 24.7. The van der Waals surface area contributed by atoms with Gasteiger partial charge in [0.25, 0.3) is 0 Å². The summed E-state index contributed by atoms with van der Waals surface area (Å²) in [6.45, 7) is 7.78. The molecule has 1 aliphatic heterocycles. The highest BCUT2D eigenvalue weighted by molar-refractivity contribution is 5.91. The molecule has 0 aliphatic carbocycles. The fourth-order valence-corrected chi connectivity index (χ4v) is 1.45. The minimum atomic E-state index is -0.296. The van der Waals surface area contributed by atoms with Crippen molar-refractivity contribution in [3.8, 4) is 11.8 Å². The van der Waals surface area contributed by atoms with Gasteiger partial charge in [-0.1, -0.05) is 45.1 Å². The molecular weight excluding hydrogens is 188 g/mol. The number of esters is 1. The summed E-state index contributed by atoms with van der Waals surface area (Å²) in [5.41, 5.74) is 0.544. The van der Waals surface area contributed by atoms with E-state index in [0.29, 0.717) is 5.57 Å². The monoisotopic (exact) mass is 206 g/mol. The van der Waals surface area contributed by atoms with Gasteiger partial charge in [0, 0.05) is 17.9 Å². The van der Waals surface area contributed by atoms with Crippen molar-refractivity contribution in [2.24, 2.45) is 5.92 Å². The first kappa shape index (κ1) is 11.8. The maximum atomic E-state index is 11.1. The molecule has 0 unspecified atom stereocenters. The number of hydrogen-bond donors (Lipinski definition) is 0. The van der Waals surface area contributed by atoms with Gasteiger partial charge in [-0.2, -0.15) is 0 Å². The number of hydrogen-bond acceptors (Lipinski definition) is 2. The van der Waals surface area contributed by atoms with Gasteiger partial charge in [0.15, 0.2) is 6.10 Å². The molecule has 2 heteroatoms. The van der Waals surface area contributed by atoms with E-state index >= 15 is 0 Å². The summed E-state index contributed by atoms with van der Waals surface area (Å²) in [7, 11) is 0. The third-order valence-corrected chi connectivity index (χ3v) is 2.65. The molecule has 0 spiro atoms. The molecule has 15 heavy (non-hydrogen) atoms. The van der Waals surface area contributed by atoms with Gasteiger partial charge in [-0.05, 0) is 6.42 Å². The topological polar surface area (TPSA) is 26.3 Å². The van der Waals surface area contributed by atoms with Crippen molar-refractivity contribution in [1.29, 1.82) is 0 Å². The van der Waals surface area contributed by atoms with Crippen LogP contribution in [0.1, 0.15) is 39.5 Å². The van der Waals surface area contributed by atoms with Crippen molar-refractivity contribution in [2.45, 2.75) is 45.6 Å². The fraction of sp³-hybridized carbons (Fsp3) is 0.615. The SMILES string of the molecule is C=C1C(=O)O[C@H](C#CCCCCC)[C@@H]1C. The second kappa shape index (κ2) is 5.60. The van der Waals surface area contributed by atoms with Crippen LogP contribution in [-0.2, 0) is 9.53 Å². The molecule has 2 nitrogen and oxygen atoms in total. The highest BCUT2D eigenvalue weighted by atomic mass is 16.5. The number of cyclic esters (lactones) is 1. The summed E-state index contributed by atoms with van der Waals surface area (Å²) in [5, 5.41) is 0. The number of carbonyl (C=O) groups is 1. The van der Waals surface area contributed by atoms with Crippen LogP contribution >= 0.6 is 0 Å². The zero-order chi connectivity index (χ0) is 11.3. The van der Waals surface area contributed by atoms with E-state index in [4.69, 9.17) is 4.74 Å². The van der Waals surface area contributed by atoms with E-state index in [1.54, 1.807) is 0 Å². The second-order valence-electron chi connectivity index (χ2n) is 3.92. The van der Waals surface area contributed by atoms with E-state index in [-0.39, 0.29) is 18.0 Å². The Kier molecular flexibility index (Phi) is 4.42. The summed E-state index contributed by atoms with van der Waals surface area (Å²) in [6.07, 6.45) is 4.15. The molecule has 0 aromatic heterocycles. The summed E-state index contributed by atoms with van der Waals surface area (Å²) in [5.74, 6) is 5.80. The molecule has 0 N–H and O–H groups in total. The average Bonchev–Trinajstić information content (AvgIpc) is 2.46. The van der Waals surface area contributed by atoms with Crippen LogP contribution in [0.5, 0.6) is 0 Å². The smallest absolute Gasteiger partial charge is 0.335 e. The lowest BCUT2D eigenvalue weighted by Gasteiger charge is -2.04. The van der Waals surface area contributed by atoms with Gasteiger partial charge in [0.05, 0.1) is 0 Å². The fourth-order valence-electron chi connectivity index (χ4n) is 1.45. The lowest BCUT2D eigenvalue weighted by molar-refractivity contribution is -0.137. The largest absolute Gasteiger partial charge is 0.445 e. The van der Waals surface area contributed by atoms with Crippen LogP contribution in [-0.4, -0.2) is 12.1 Å².